The van der Waals surface area contributed by atoms with Crippen molar-refractivity contribution in [3.8, 4) is 0 Å². The Bertz CT molecular complexity index is 117. The van der Waals surface area contributed by atoms with Gasteiger partial charge in [0.1, 0.15) is 0 Å². The minimum atomic E-state index is 0.239. The van der Waals surface area contributed by atoms with E-state index in [1.807, 2.05) is 11.8 Å². The van der Waals surface area contributed by atoms with E-state index in [1.165, 1.54) is 5.75 Å². The fraction of sp³-hybridized carbons (Fsp3) is 1.00. The van der Waals surface area contributed by atoms with E-state index in [9.17, 15) is 0 Å². The maximum absolute atomic E-state index is 9.06. The molecule has 0 aliphatic carbocycles. The zero-order chi connectivity index (χ0) is 10.3. The van der Waals surface area contributed by atoms with E-state index in [2.05, 4.69) is 33.0 Å². The normalized spacial score (nSPS) is 14.1. The highest BCUT2D eigenvalue weighted by atomic mass is 32.2. The molecule has 2 nitrogen and oxygen atoms in total. The van der Waals surface area contributed by atoms with Crippen molar-refractivity contribution in [2.24, 2.45) is 5.92 Å². The lowest BCUT2D eigenvalue weighted by atomic mass is 10.3. The van der Waals surface area contributed by atoms with Gasteiger partial charge in [-0.1, -0.05) is 27.7 Å². The van der Waals surface area contributed by atoms with Gasteiger partial charge in [-0.3, -0.25) is 0 Å². The maximum atomic E-state index is 9.06. The van der Waals surface area contributed by atoms with E-state index >= 15 is 0 Å². The fourth-order valence-electron chi connectivity index (χ4n) is 1.07. The first-order chi connectivity index (χ1) is 6.06. The Kier molecular flexibility index (Phi) is 7.81. The zero-order valence-corrected chi connectivity index (χ0v) is 10.0. The van der Waals surface area contributed by atoms with Gasteiger partial charge in [-0.05, 0) is 11.7 Å². The van der Waals surface area contributed by atoms with Crippen LogP contribution in [0.25, 0.3) is 0 Å². The van der Waals surface area contributed by atoms with E-state index < -0.39 is 0 Å². The number of rotatable bonds is 7. The molecule has 0 amide bonds. The van der Waals surface area contributed by atoms with Crippen LogP contribution in [0.2, 0.25) is 0 Å². The summed E-state index contributed by atoms with van der Waals surface area (Å²) in [4.78, 5) is 0. The van der Waals surface area contributed by atoms with Crippen LogP contribution < -0.4 is 5.32 Å². The lowest BCUT2D eigenvalue weighted by Crippen LogP contribution is -2.39. The monoisotopic (exact) mass is 205 g/mol. The number of hydrogen-bond donors (Lipinski definition) is 2. The van der Waals surface area contributed by atoms with Crippen LogP contribution in [0.4, 0.5) is 0 Å². The van der Waals surface area contributed by atoms with Gasteiger partial charge in [-0.2, -0.15) is 11.8 Å². The van der Waals surface area contributed by atoms with Gasteiger partial charge in [0.25, 0.3) is 0 Å². The fourth-order valence-corrected chi connectivity index (χ4v) is 2.16. The Labute approximate surface area is 86.5 Å². The highest BCUT2D eigenvalue weighted by Crippen LogP contribution is 2.09. The largest absolute Gasteiger partial charge is 0.395 e. The number of thioether (sulfide) groups is 1. The van der Waals surface area contributed by atoms with Crippen molar-refractivity contribution in [1.82, 2.24) is 5.32 Å². The van der Waals surface area contributed by atoms with Crippen LogP contribution in [-0.2, 0) is 0 Å². The molecule has 0 saturated heterocycles. The summed E-state index contributed by atoms with van der Waals surface area (Å²) in [6, 6.07) is 0.709. The smallest absolute Gasteiger partial charge is 0.0592 e. The highest BCUT2D eigenvalue weighted by Gasteiger charge is 2.08. The summed E-state index contributed by atoms with van der Waals surface area (Å²) in [5, 5.41) is 12.4. The van der Waals surface area contributed by atoms with Gasteiger partial charge in [0.15, 0.2) is 0 Å². The molecule has 0 aliphatic heterocycles. The third-order valence-corrected chi connectivity index (χ3v) is 3.10. The summed E-state index contributed by atoms with van der Waals surface area (Å²) in [6.07, 6.45) is 0. The molecule has 3 heteroatoms. The van der Waals surface area contributed by atoms with Gasteiger partial charge in [-0.15, -0.1) is 0 Å². The number of hydrogen-bond acceptors (Lipinski definition) is 3. The predicted molar refractivity (Wildman–Crippen MR) is 61.3 cm³/mol. The molecule has 80 valence electrons. The summed E-state index contributed by atoms with van der Waals surface area (Å²) < 4.78 is 0. The first-order valence-corrected chi connectivity index (χ1v) is 6.16. The standard InChI is InChI=1S/C10H23NOS/c1-8(2)6-13-7-10(5-12)11-9(3)4/h8-12H,5-7H2,1-4H3. The molecule has 1 atom stereocenters. The molecule has 0 heterocycles. The summed E-state index contributed by atoms with van der Waals surface area (Å²) >= 11 is 1.91. The Hall–Kier alpha value is 0.270. The molecule has 0 bridgehead atoms. The molecule has 1 unspecified atom stereocenters. The minimum Gasteiger partial charge on any atom is -0.395 e. The predicted octanol–water partition coefficient (Wildman–Crippen LogP) is 1.73. The number of aliphatic hydroxyl groups excluding tert-OH is 1. The topological polar surface area (TPSA) is 32.3 Å². The van der Waals surface area contributed by atoms with Gasteiger partial charge >= 0.3 is 0 Å². The Morgan fingerprint density at radius 1 is 1.15 bits per heavy atom. The molecular weight excluding hydrogens is 182 g/mol. The van der Waals surface area contributed by atoms with Crippen LogP contribution in [-0.4, -0.2) is 35.3 Å². The van der Waals surface area contributed by atoms with Crippen molar-refractivity contribution in [2.75, 3.05) is 18.1 Å². The highest BCUT2D eigenvalue weighted by molar-refractivity contribution is 7.99. The number of aliphatic hydroxyl groups is 1. The molecule has 0 aliphatic rings. The minimum absolute atomic E-state index is 0.239. The van der Waals surface area contributed by atoms with Crippen LogP contribution in [0.3, 0.4) is 0 Å². The second-order valence-electron chi connectivity index (χ2n) is 4.13. The second kappa shape index (κ2) is 7.65. The average Bonchev–Trinajstić information content (AvgIpc) is 2.01. The zero-order valence-electron chi connectivity index (χ0n) is 9.21. The van der Waals surface area contributed by atoms with Crippen LogP contribution in [0, 0.1) is 5.92 Å². The van der Waals surface area contributed by atoms with Gasteiger partial charge in [0.2, 0.25) is 0 Å². The van der Waals surface area contributed by atoms with Crippen molar-refractivity contribution in [1.29, 1.82) is 0 Å². The Balaban J connectivity index is 3.48. The second-order valence-corrected chi connectivity index (χ2v) is 5.21. The van der Waals surface area contributed by atoms with E-state index in [4.69, 9.17) is 5.11 Å². The van der Waals surface area contributed by atoms with Gasteiger partial charge in [0.05, 0.1) is 6.61 Å². The first kappa shape index (κ1) is 13.3. The molecule has 0 aromatic carbocycles. The van der Waals surface area contributed by atoms with Crippen molar-refractivity contribution >= 4 is 11.8 Å². The maximum Gasteiger partial charge on any atom is 0.0592 e. The lowest BCUT2D eigenvalue weighted by molar-refractivity contribution is 0.247. The molecule has 0 aromatic heterocycles. The molecule has 2 N–H and O–H groups in total. The summed E-state index contributed by atoms with van der Waals surface area (Å²) in [5.74, 6) is 2.92. The number of nitrogens with one attached hydrogen (secondary N) is 1. The molecule has 0 spiro atoms. The molecular formula is C10H23NOS. The quantitative estimate of drug-likeness (QED) is 0.664. The van der Waals surface area contributed by atoms with E-state index in [0.29, 0.717) is 6.04 Å². The SMILES string of the molecule is CC(C)CSCC(CO)NC(C)C. The average molecular weight is 205 g/mol. The van der Waals surface area contributed by atoms with Crippen molar-refractivity contribution < 1.29 is 5.11 Å². The van der Waals surface area contributed by atoms with Gasteiger partial charge < -0.3 is 10.4 Å². The molecule has 0 aromatic rings. The van der Waals surface area contributed by atoms with Crippen molar-refractivity contribution in [2.45, 2.75) is 39.8 Å². The van der Waals surface area contributed by atoms with Gasteiger partial charge in [-0.25, -0.2) is 0 Å². The van der Waals surface area contributed by atoms with Crippen LogP contribution in [0.15, 0.2) is 0 Å². The van der Waals surface area contributed by atoms with Crippen LogP contribution in [0.5, 0.6) is 0 Å². The van der Waals surface area contributed by atoms with E-state index in [0.717, 1.165) is 11.7 Å². The first-order valence-electron chi connectivity index (χ1n) is 5.01. The van der Waals surface area contributed by atoms with Crippen LogP contribution >= 0.6 is 11.8 Å². The third-order valence-electron chi connectivity index (χ3n) is 1.56. The lowest BCUT2D eigenvalue weighted by Gasteiger charge is -2.18. The summed E-state index contributed by atoms with van der Waals surface area (Å²) in [6.45, 7) is 8.89. The van der Waals surface area contributed by atoms with E-state index in [-0.39, 0.29) is 12.6 Å². The van der Waals surface area contributed by atoms with Crippen molar-refractivity contribution in [3.05, 3.63) is 0 Å². The Morgan fingerprint density at radius 2 is 1.77 bits per heavy atom. The van der Waals surface area contributed by atoms with E-state index in [1.54, 1.807) is 0 Å². The van der Waals surface area contributed by atoms with Gasteiger partial charge in [0, 0.05) is 17.8 Å². The third kappa shape index (κ3) is 8.60. The van der Waals surface area contributed by atoms with Crippen LogP contribution in [0.1, 0.15) is 27.7 Å². The van der Waals surface area contributed by atoms with Crippen molar-refractivity contribution in [3.63, 3.8) is 0 Å². The Morgan fingerprint density at radius 3 is 2.15 bits per heavy atom. The summed E-state index contributed by atoms with van der Waals surface area (Å²) in [7, 11) is 0. The molecule has 0 saturated carbocycles. The molecule has 0 fully saturated rings. The molecule has 13 heavy (non-hydrogen) atoms. The molecule has 0 radical (unpaired) electrons. The summed E-state index contributed by atoms with van der Waals surface area (Å²) in [5.41, 5.74) is 0. The molecule has 0 rings (SSSR count).